The van der Waals surface area contributed by atoms with Crippen LogP contribution in [0.4, 0.5) is 16.3 Å². The van der Waals surface area contributed by atoms with Crippen LogP contribution in [-0.4, -0.2) is 42.5 Å². The Morgan fingerprint density at radius 3 is 2.70 bits per heavy atom. The summed E-state index contributed by atoms with van der Waals surface area (Å²) < 4.78 is 5.37. The SMILES string of the molecule is Cc1ccccc1-c1cc(N2CCOCC2)ncc1NC(=O)O. The maximum Gasteiger partial charge on any atom is 0.409 e. The highest BCUT2D eigenvalue weighted by Crippen LogP contribution is 2.32. The van der Waals surface area contributed by atoms with Gasteiger partial charge in [0.05, 0.1) is 25.1 Å². The van der Waals surface area contributed by atoms with Crippen molar-refractivity contribution in [3.05, 3.63) is 42.1 Å². The van der Waals surface area contributed by atoms with Gasteiger partial charge in [-0.15, -0.1) is 0 Å². The molecular weight excluding hydrogens is 294 g/mol. The predicted molar refractivity (Wildman–Crippen MR) is 89.1 cm³/mol. The molecule has 0 aliphatic carbocycles. The summed E-state index contributed by atoms with van der Waals surface area (Å²) in [5.41, 5.74) is 3.40. The molecule has 0 spiro atoms. The Labute approximate surface area is 134 Å². The van der Waals surface area contributed by atoms with E-state index in [0.29, 0.717) is 18.9 Å². The molecule has 1 aliphatic rings. The standard InChI is InChI=1S/C17H19N3O3/c1-12-4-2-3-5-13(12)14-10-16(20-6-8-23-9-7-20)18-11-15(14)19-17(21)22/h2-5,10-11,19H,6-9H2,1H3,(H,21,22). The van der Waals surface area contributed by atoms with Crippen LogP contribution >= 0.6 is 0 Å². The molecule has 6 nitrogen and oxygen atoms in total. The van der Waals surface area contributed by atoms with E-state index in [1.165, 1.54) is 0 Å². The van der Waals surface area contributed by atoms with Gasteiger partial charge in [-0.1, -0.05) is 24.3 Å². The van der Waals surface area contributed by atoms with Gasteiger partial charge < -0.3 is 14.7 Å². The number of benzene rings is 1. The van der Waals surface area contributed by atoms with Crippen molar-refractivity contribution in [3.8, 4) is 11.1 Å². The molecule has 0 atom stereocenters. The molecule has 1 saturated heterocycles. The van der Waals surface area contributed by atoms with Crippen molar-refractivity contribution < 1.29 is 14.6 Å². The largest absolute Gasteiger partial charge is 0.465 e. The average Bonchev–Trinajstić information content (AvgIpc) is 2.56. The van der Waals surface area contributed by atoms with Gasteiger partial charge in [0.25, 0.3) is 0 Å². The van der Waals surface area contributed by atoms with E-state index >= 15 is 0 Å². The van der Waals surface area contributed by atoms with Crippen molar-refractivity contribution in [3.63, 3.8) is 0 Å². The summed E-state index contributed by atoms with van der Waals surface area (Å²) in [4.78, 5) is 17.6. The number of nitrogens with zero attached hydrogens (tertiary/aromatic N) is 2. The Kier molecular flexibility index (Phi) is 4.43. The van der Waals surface area contributed by atoms with Crippen LogP contribution in [0.2, 0.25) is 0 Å². The Morgan fingerprint density at radius 2 is 2.00 bits per heavy atom. The van der Waals surface area contributed by atoms with E-state index in [-0.39, 0.29) is 0 Å². The smallest absolute Gasteiger partial charge is 0.409 e. The number of rotatable bonds is 3. The molecule has 2 heterocycles. The Morgan fingerprint density at radius 1 is 1.26 bits per heavy atom. The number of hydrogen-bond acceptors (Lipinski definition) is 4. The van der Waals surface area contributed by atoms with Crippen LogP contribution in [0.1, 0.15) is 5.56 Å². The van der Waals surface area contributed by atoms with E-state index in [2.05, 4.69) is 15.2 Å². The lowest BCUT2D eigenvalue weighted by Crippen LogP contribution is -2.36. The van der Waals surface area contributed by atoms with Gasteiger partial charge in [0.2, 0.25) is 0 Å². The number of nitrogens with one attached hydrogen (secondary N) is 1. The second kappa shape index (κ2) is 6.66. The van der Waals surface area contributed by atoms with Crippen LogP contribution in [-0.2, 0) is 4.74 Å². The normalized spacial score (nSPS) is 14.6. The fraction of sp³-hybridized carbons (Fsp3) is 0.294. The molecule has 120 valence electrons. The van der Waals surface area contributed by atoms with Gasteiger partial charge in [-0.25, -0.2) is 9.78 Å². The third-order valence-electron chi connectivity index (χ3n) is 3.90. The van der Waals surface area contributed by atoms with E-state index in [1.807, 2.05) is 37.3 Å². The third kappa shape index (κ3) is 3.43. The number of anilines is 2. The van der Waals surface area contributed by atoms with E-state index in [9.17, 15) is 4.79 Å². The number of hydrogen-bond donors (Lipinski definition) is 2. The molecule has 0 unspecified atom stereocenters. The second-order valence-electron chi connectivity index (χ2n) is 5.43. The maximum absolute atomic E-state index is 11.1. The average molecular weight is 313 g/mol. The summed E-state index contributed by atoms with van der Waals surface area (Å²) >= 11 is 0. The predicted octanol–water partition coefficient (Wildman–Crippen LogP) is 2.98. The lowest BCUT2D eigenvalue weighted by molar-refractivity contribution is 0.122. The molecule has 0 radical (unpaired) electrons. The molecular formula is C17H19N3O3. The minimum absolute atomic E-state index is 0.490. The highest BCUT2D eigenvalue weighted by molar-refractivity contribution is 5.91. The van der Waals surface area contributed by atoms with Gasteiger partial charge in [0.15, 0.2) is 0 Å². The molecule has 0 saturated carbocycles. The van der Waals surface area contributed by atoms with Crippen molar-refractivity contribution in [1.82, 2.24) is 4.98 Å². The van der Waals surface area contributed by atoms with Gasteiger partial charge in [0, 0.05) is 18.7 Å². The first-order chi connectivity index (χ1) is 11.1. The van der Waals surface area contributed by atoms with E-state index < -0.39 is 6.09 Å². The third-order valence-corrected chi connectivity index (χ3v) is 3.90. The lowest BCUT2D eigenvalue weighted by Gasteiger charge is -2.28. The Hall–Kier alpha value is -2.60. The van der Waals surface area contributed by atoms with Crippen LogP contribution in [0.3, 0.4) is 0 Å². The fourth-order valence-electron chi connectivity index (χ4n) is 2.72. The summed E-state index contributed by atoms with van der Waals surface area (Å²) in [6.45, 7) is 4.93. The minimum Gasteiger partial charge on any atom is -0.465 e. The molecule has 1 aromatic heterocycles. The van der Waals surface area contributed by atoms with Crippen LogP contribution in [0.25, 0.3) is 11.1 Å². The van der Waals surface area contributed by atoms with Crippen LogP contribution in [0.15, 0.2) is 36.5 Å². The number of amides is 1. The first-order valence-electron chi connectivity index (χ1n) is 7.54. The molecule has 2 aromatic rings. The molecule has 2 N–H and O–H groups in total. The summed E-state index contributed by atoms with van der Waals surface area (Å²) in [5.74, 6) is 0.836. The van der Waals surface area contributed by atoms with Crippen LogP contribution in [0.5, 0.6) is 0 Å². The number of ether oxygens (including phenoxy) is 1. The van der Waals surface area contributed by atoms with Crippen LogP contribution < -0.4 is 10.2 Å². The molecule has 1 aromatic carbocycles. The van der Waals surface area contributed by atoms with Gasteiger partial charge in [-0.05, 0) is 24.1 Å². The fourth-order valence-corrected chi connectivity index (χ4v) is 2.72. The first-order valence-corrected chi connectivity index (χ1v) is 7.54. The number of carbonyl (C=O) groups is 1. The monoisotopic (exact) mass is 313 g/mol. The highest BCUT2D eigenvalue weighted by atomic mass is 16.5. The topological polar surface area (TPSA) is 74.7 Å². The number of pyridine rings is 1. The number of aromatic nitrogens is 1. The minimum atomic E-state index is -1.10. The van der Waals surface area contributed by atoms with Crippen molar-refractivity contribution in [2.75, 3.05) is 36.5 Å². The zero-order valence-electron chi connectivity index (χ0n) is 13.0. The summed E-state index contributed by atoms with van der Waals surface area (Å²) in [7, 11) is 0. The van der Waals surface area contributed by atoms with E-state index in [0.717, 1.165) is 35.6 Å². The summed E-state index contributed by atoms with van der Waals surface area (Å²) in [6.07, 6.45) is 0.487. The lowest BCUT2D eigenvalue weighted by atomic mass is 10.00. The maximum atomic E-state index is 11.1. The second-order valence-corrected chi connectivity index (χ2v) is 5.43. The summed E-state index contributed by atoms with van der Waals surface area (Å²) in [5, 5.41) is 11.5. The van der Waals surface area contributed by atoms with Crippen molar-refractivity contribution in [2.45, 2.75) is 6.92 Å². The van der Waals surface area contributed by atoms with E-state index in [1.54, 1.807) is 6.20 Å². The molecule has 3 rings (SSSR count). The molecule has 0 bridgehead atoms. The number of carboxylic acid groups (broad SMARTS) is 1. The molecule has 1 aliphatic heterocycles. The van der Waals surface area contributed by atoms with Gasteiger partial charge >= 0.3 is 6.09 Å². The Balaban J connectivity index is 2.05. The van der Waals surface area contributed by atoms with Gasteiger partial charge in [0.1, 0.15) is 5.82 Å². The Bertz CT molecular complexity index is 712. The zero-order chi connectivity index (χ0) is 16.2. The quantitative estimate of drug-likeness (QED) is 0.911. The van der Waals surface area contributed by atoms with Crippen LogP contribution in [0, 0.1) is 6.92 Å². The highest BCUT2D eigenvalue weighted by Gasteiger charge is 2.16. The van der Waals surface area contributed by atoms with Crippen molar-refractivity contribution >= 4 is 17.6 Å². The molecule has 1 fully saturated rings. The molecule has 1 amide bonds. The zero-order valence-corrected chi connectivity index (χ0v) is 13.0. The number of aryl methyl sites for hydroxylation is 1. The molecule has 23 heavy (non-hydrogen) atoms. The van der Waals surface area contributed by atoms with Gasteiger partial charge in [-0.2, -0.15) is 0 Å². The van der Waals surface area contributed by atoms with Crippen molar-refractivity contribution in [1.29, 1.82) is 0 Å². The van der Waals surface area contributed by atoms with Crippen molar-refractivity contribution in [2.24, 2.45) is 0 Å². The molecule has 6 heteroatoms. The first kappa shape index (κ1) is 15.3. The number of morpholine rings is 1. The summed E-state index contributed by atoms with van der Waals surface area (Å²) in [6, 6.07) is 9.85. The van der Waals surface area contributed by atoms with Gasteiger partial charge in [-0.3, -0.25) is 5.32 Å². The van der Waals surface area contributed by atoms with E-state index in [4.69, 9.17) is 9.84 Å².